The Labute approximate surface area is 219 Å². The van der Waals surface area contributed by atoms with Gasteiger partial charge in [0.1, 0.15) is 12.6 Å². The van der Waals surface area contributed by atoms with Crippen LogP contribution in [0.1, 0.15) is 43.7 Å². The van der Waals surface area contributed by atoms with Crippen LogP contribution >= 0.6 is 0 Å². The minimum absolute atomic E-state index is 0.102. The lowest BCUT2D eigenvalue weighted by atomic mass is 10.1. The lowest BCUT2D eigenvalue weighted by Gasteiger charge is -2.32. The van der Waals surface area contributed by atoms with Gasteiger partial charge in [-0.05, 0) is 44.4 Å². The van der Waals surface area contributed by atoms with Gasteiger partial charge in [0.25, 0.3) is 0 Å². The molecule has 0 saturated heterocycles. The number of rotatable bonds is 11. The van der Waals surface area contributed by atoms with Crippen molar-refractivity contribution in [3.63, 3.8) is 0 Å². The van der Waals surface area contributed by atoms with Gasteiger partial charge in [-0.3, -0.25) is 13.9 Å². The Hall–Kier alpha value is -3.27. The van der Waals surface area contributed by atoms with Gasteiger partial charge in [0.05, 0.1) is 26.2 Å². The van der Waals surface area contributed by atoms with Gasteiger partial charge in [-0.2, -0.15) is 0 Å². The summed E-state index contributed by atoms with van der Waals surface area (Å²) in [6, 6.07) is 11.6. The number of carbonyl (C=O) groups is 2. The molecule has 1 atom stereocenters. The fourth-order valence-electron chi connectivity index (χ4n) is 4.58. The monoisotopic (exact) mass is 531 g/mol. The fraction of sp³-hybridized carbons (Fsp3) is 0.481. The summed E-state index contributed by atoms with van der Waals surface area (Å²) in [6.45, 7) is 3.33. The van der Waals surface area contributed by atoms with Crippen LogP contribution in [0.25, 0.3) is 0 Å². The maximum absolute atomic E-state index is 13.7. The quantitative estimate of drug-likeness (QED) is 0.477. The summed E-state index contributed by atoms with van der Waals surface area (Å²) in [5.74, 6) is 0.0343. The van der Waals surface area contributed by atoms with Crippen molar-refractivity contribution in [1.82, 2.24) is 10.2 Å². The highest BCUT2D eigenvalue weighted by Crippen LogP contribution is 2.32. The van der Waals surface area contributed by atoms with E-state index in [1.165, 1.54) is 25.2 Å². The minimum atomic E-state index is -3.85. The van der Waals surface area contributed by atoms with Crippen LogP contribution in [0, 0.1) is 6.92 Å². The summed E-state index contributed by atoms with van der Waals surface area (Å²) >= 11 is 0. The number of hydrogen-bond donors (Lipinski definition) is 1. The normalized spacial score (nSPS) is 14.6. The number of benzene rings is 2. The standard InChI is InChI=1S/C27H37N3O6S/c1-19-9-8-10-21(15-19)17-29(20(2)27(32)28-22-11-6-7-12-22)26(31)18-30(37(5,33)34)23-13-14-24(35-3)25(16-23)36-4/h8-10,13-16,20,22H,6-7,11-12,17-18H2,1-5H3,(H,28,32)/t20-/m0/s1. The van der Waals surface area contributed by atoms with Crippen molar-refractivity contribution in [2.45, 2.75) is 58.2 Å². The molecule has 0 unspecified atom stereocenters. The van der Waals surface area contributed by atoms with E-state index in [9.17, 15) is 18.0 Å². The van der Waals surface area contributed by atoms with Crippen LogP contribution in [0.5, 0.6) is 11.5 Å². The Kier molecular flexibility index (Phi) is 9.42. The molecular weight excluding hydrogens is 494 g/mol. The van der Waals surface area contributed by atoms with Gasteiger partial charge in [0, 0.05) is 18.7 Å². The van der Waals surface area contributed by atoms with Crippen molar-refractivity contribution in [3.8, 4) is 11.5 Å². The molecule has 9 nitrogen and oxygen atoms in total. The molecule has 0 bridgehead atoms. The first-order valence-electron chi connectivity index (χ1n) is 12.4. The number of sulfonamides is 1. The second-order valence-electron chi connectivity index (χ2n) is 9.49. The average molecular weight is 532 g/mol. The molecule has 2 amide bonds. The highest BCUT2D eigenvalue weighted by molar-refractivity contribution is 7.92. The Morgan fingerprint density at radius 1 is 1.05 bits per heavy atom. The van der Waals surface area contributed by atoms with Crippen LogP contribution in [0.3, 0.4) is 0 Å². The molecule has 0 aliphatic heterocycles. The van der Waals surface area contributed by atoms with E-state index in [1.807, 2.05) is 31.2 Å². The molecule has 202 valence electrons. The van der Waals surface area contributed by atoms with Crippen LogP contribution in [0.15, 0.2) is 42.5 Å². The number of anilines is 1. The molecule has 1 aliphatic carbocycles. The van der Waals surface area contributed by atoms with Crippen molar-refractivity contribution in [3.05, 3.63) is 53.6 Å². The first-order chi connectivity index (χ1) is 17.5. The van der Waals surface area contributed by atoms with Gasteiger partial charge in [-0.25, -0.2) is 8.42 Å². The smallest absolute Gasteiger partial charge is 0.244 e. The van der Waals surface area contributed by atoms with Crippen LogP contribution in [0.2, 0.25) is 0 Å². The largest absolute Gasteiger partial charge is 0.493 e. The Balaban J connectivity index is 1.91. The SMILES string of the molecule is COc1ccc(N(CC(=O)N(Cc2cccc(C)c2)[C@@H](C)C(=O)NC2CCCC2)S(C)(=O)=O)cc1OC. The Morgan fingerprint density at radius 3 is 2.32 bits per heavy atom. The van der Waals surface area contributed by atoms with E-state index < -0.39 is 28.5 Å². The molecule has 0 aromatic heterocycles. The molecule has 1 aliphatic rings. The van der Waals surface area contributed by atoms with E-state index in [4.69, 9.17) is 9.47 Å². The van der Waals surface area contributed by atoms with Gasteiger partial charge in [0.2, 0.25) is 21.8 Å². The van der Waals surface area contributed by atoms with Crippen molar-refractivity contribution < 1.29 is 27.5 Å². The summed E-state index contributed by atoms with van der Waals surface area (Å²) < 4.78 is 37.2. The van der Waals surface area contributed by atoms with E-state index in [0.717, 1.165) is 47.4 Å². The second kappa shape index (κ2) is 12.3. The third kappa shape index (κ3) is 7.38. The zero-order valence-corrected chi connectivity index (χ0v) is 23.0. The van der Waals surface area contributed by atoms with E-state index in [1.54, 1.807) is 19.1 Å². The molecular formula is C27H37N3O6S. The third-order valence-corrected chi connectivity index (χ3v) is 7.78. The average Bonchev–Trinajstić information content (AvgIpc) is 3.37. The van der Waals surface area contributed by atoms with Crippen LogP contribution in [-0.2, 0) is 26.2 Å². The first-order valence-corrected chi connectivity index (χ1v) is 14.2. The van der Waals surface area contributed by atoms with Crippen LogP contribution in [-0.4, -0.2) is 64.2 Å². The zero-order chi connectivity index (χ0) is 27.2. The van der Waals surface area contributed by atoms with Gasteiger partial charge in [0.15, 0.2) is 11.5 Å². The lowest BCUT2D eigenvalue weighted by molar-refractivity contribution is -0.139. The van der Waals surface area contributed by atoms with Gasteiger partial charge >= 0.3 is 0 Å². The van der Waals surface area contributed by atoms with Crippen molar-refractivity contribution >= 4 is 27.5 Å². The molecule has 1 fully saturated rings. The summed E-state index contributed by atoms with van der Waals surface area (Å²) in [5, 5.41) is 3.06. The first kappa shape index (κ1) is 28.3. The zero-order valence-electron chi connectivity index (χ0n) is 22.2. The van der Waals surface area contributed by atoms with E-state index in [0.29, 0.717) is 11.5 Å². The number of aryl methyl sites for hydroxylation is 1. The topological polar surface area (TPSA) is 105 Å². The summed E-state index contributed by atoms with van der Waals surface area (Å²) in [7, 11) is -0.913. The Bertz CT molecular complexity index is 1210. The van der Waals surface area contributed by atoms with Crippen molar-refractivity contribution in [2.24, 2.45) is 0 Å². The predicted octanol–water partition coefficient (Wildman–Crippen LogP) is 3.25. The maximum Gasteiger partial charge on any atom is 0.244 e. The molecule has 0 spiro atoms. The van der Waals surface area contributed by atoms with Gasteiger partial charge in [-0.1, -0.05) is 42.7 Å². The van der Waals surface area contributed by atoms with Crippen LogP contribution < -0.4 is 19.1 Å². The molecule has 0 radical (unpaired) electrons. The minimum Gasteiger partial charge on any atom is -0.493 e. The number of hydrogen-bond acceptors (Lipinski definition) is 6. The molecule has 3 rings (SSSR count). The maximum atomic E-state index is 13.7. The fourth-order valence-corrected chi connectivity index (χ4v) is 5.42. The molecule has 37 heavy (non-hydrogen) atoms. The number of nitrogens with zero attached hydrogens (tertiary/aromatic N) is 2. The molecule has 2 aromatic rings. The molecule has 0 heterocycles. The number of amides is 2. The Morgan fingerprint density at radius 2 is 1.73 bits per heavy atom. The summed E-state index contributed by atoms with van der Waals surface area (Å²) in [6.07, 6.45) is 5.02. The van der Waals surface area contributed by atoms with Crippen molar-refractivity contribution in [2.75, 3.05) is 31.3 Å². The number of carbonyl (C=O) groups excluding carboxylic acids is 2. The molecule has 1 N–H and O–H groups in total. The molecule has 2 aromatic carbocycles. The molecule has 10 heteroatoms. The van der Waals surface area contributed by atoms with E-state index in [-0.39, 0.29) is 24.2 Å². The second-order valence-corrected chi connectivity index (χ2v) is 11.4. The lowest BCUT2D eigenvalue weighted by Crippen LogP contribution is -2.52. The highest BCUT2D eigenvalue weighted by atomic mass is 32.2. The molecule has 1 saturated carbocycles. The van der Waals surface area contributed by atoms with Crippen LogP contribution in [0.4, 0.5) is 5.69 Å². The number of methoxy groups -OCH3 is 2. The highest BCUT2D eigenvalue weighted by Gasteiger charge is 2.31. The number of nitrogens with one attached hydrogen (secondary N) is 1. The predicted molar refractivity (Wildman–Crippen MR) is 143 cm³/mol. The van der Waals surface area contributed by atoms with Gasteiger partial charge in [-0.15, -0.1) is 0 Å². The van der Waals surface area contributed by atoms with E-state index in [2.05, 4.69) is 5.32 Å². The summed E-state index contributed by atoms with van der Waals surface area (Å²) in [5.41, 5.74) is 2.13. The van der Waals surface area contributed by atoms with Gasteiger partial charge < -0.3 is 19.7 Å². The van der Waals surface area contributed by atoms with Crippen molar-refractivity contribution in [1.29, 1.82) is 0 Å². The van der Waals surface area contributed by atoms with E-state index >= 15 is 0 Å². The third-order valence-electron chi connectivity index (χ3n) is 6.64. The summed E-state index contributed by atoms with van der Waals surface area (Å²) in [4.78, 5) is 28.3. The number of ether oxygens (including phenoxy) is 2.